The molecule has 118 valence electrons. The van der Waals surface area contributed by atoms with Gasteiger partial charge >= 0.3 is 0 Å². The number of hydrogen-bond acceptors (Lipinski definition) is 5. The van der Waals surface area contributed by atoms with E-state index in [1.54, 1.807) is 12.1 Å². The summed E-state index contributed by atoms with van der Waals surface area (Å²) in [6.45, 7) is 0. The SMILES string of the molecule is O=C(C=Cc1ccco1)NC(=S)Nc1ccc([N+](=O)[O-])cc1Cl. The first kappa shape index (κ1) is 16.7. The third-order valence-corrected chi connectivity index (χ3v) is 3.11. The predicted molar refractivity (Wildman–Crippen MR) is 90.2 cm³/mol. The van der Waals surface area contributed by atoms with Crippen LogP contribution >= 0.6 is 23.8 Å². The molecular formula is C14H10ClN3O4S. The Kier molecular flexibility index (Phi) is 5.45. The van der Waals surface area contributed by atoms with Crippen molar-refractivity contribution < 1.29 is 14.1 Å². The molecule has 0 saturated heterocycles. The number of anilines is 1. The van der Waals surface area contributed by atoms with Crippen LogP contribution in [0, 0.1) is 10.1 Å². The number of nitro benzene ring substituents is 1. The number of hydrogen-bond donors (Lipinski definition) is 2. The maximum atomic E-state index is 11.7. The number of nitrogens with zero attached hydrogens (tertiary/aromatic N) is 1. The van der Waals surface area contributed by atoms with Gasteiger partial charge in [0.15, 0.2) is 5.11 Å². The Morgan fingerprint density at radius 2 is 2.17 bits per heavy atom. The summed E-state index contributed by atoms with van der Waals surface area (Å²) in [7, 11) is 0. The fraction of sp³-hybridized carbons (Fsp3) is 0. The van der Waals surface area contributed by atoms with Gasteiger partial charge in [-0.2, -0.15) is 0 Å². The highest BCUT2D eigenvalue weighted by Gasteiger charge is 2.10. The van der Waals surface area contributed by atoms with E-state index >= 15 is 0 Å². The molecule has 0 unspecified atom stereocenters. The molecule has 23 heavy (non-hydrogen) atoms. The molecule has 2 rings (SSSR count). The van der Waals surface area contributed by atoms with Crippen molar-refractivity contribution >= 4 is 52.3 Å². The zero-order valence-corrected chi connectivity index (χ0v) is 13.1. The van der Waals surface area contributed by atoms with Gasteiger partial charge in [-0.05, 0) is 36.5 Å². The van der Waals surface area contributed by atoms with Crippen LogP contribution in [0.4, 0.5) is 11.4 Å². The number of carbonyl (C=O) groups excluding carboxylic acids is 1. The van der Waals surface area contributed by atoms with Crippen molar-refractivity contribution in [3.8, 4) is 0 Å². The Bertz CT molecular complexity index is 774. The number of nitrogens with one attached hydrogen (secondary N) is 2. The number of rotatable bonds is 4. The van der Waals surface area contributed by atoms with Crippen molar-refractivity contribution in [2.45, 2.75) is 0 Å². The molecule has 2 aromatic rings. The molecule has 7 nitrogen and oxygen atoms in total. The molecule has 9 heteroatoms. The quantitative estimate of drug-likeness (QED) is 0.379. The molecule has 2 N–H and O–H groups in total. The minimum Gasteiger partial charge on any atom is -0.465 e. The highest BCUT2D eigenvalue weighted by molar-refractivity contribution is 7.80. The number of carbonyl (C=O) groups is 1. The molecule has 0 bridgehead atoms. The number of thiocarbonyl (C=S) groups is 1. The summed E-state index contributed by atoms with van der Waals surface area (Å²) in [5, 5.41) is 15.9. The highest BCUT2D eigenvalue weighted by Crippen LogP contribution is 2.26. The van der Waals surface area contributed by atoms with Crippen molar-refractivity contribution in [2.75, 3.05) is 5.32 Å². The number of furan rings is 1. The van der Waals surface area contributed by atoms with E-state index in [1.807, 2.05) is 0 Å². The first-order chi connectivity index (χ1) is 11.0. The molecule has 1 amide bonds. The molecule has 1 heterocycles. The molecule has 0 aliphatic rings. The topological polar surface area (TPSA) is 97.4 Å². The second-order valence-corrected chi connectivity index (χ2v) is 5.03. The van der Waals surface area contributed by atoms with Crippen molar-refractivity contribution in [2.24, 2.45) is 0 Å². The van der Waals surface area contributed by atoms with Crippen LogP contribution in [-0.2, 0) is 4.79 Å². The van der Waals surface area contributed by atoms with Crippen LogP contribution in [0.15, 0.2) is 47.1 Å². The molecule has 0 aliphatic heterocycles. The Morgan fingerprint density at radius 1 is 1.39 bits per heavy atom. The van der Waals surface area contributed by atoms with E-state index in [1.165, 1.54) is 36.6 Å². The minimum absolute atomic E-state index is 0.00912. The van der Waals surface area contributed by atoms with Gasteiger partial charge in [0.25, 0.3) is 5.69 Å². The summed E-state index contributed by atoms with van der Waals surface area (Å²) in [5.41, 5.74) is 0.203. The molecule has 0 saturated carbocycles. The number of nitro groups is 1. The maximum Gasteiger partial charge on any atom is 0.271 e. The van der Waals surface area contributed by atoms with E-state index < -0.39 is 10.8 Å². The van der Waals surface area contributed by atoms with Gasteiger partial charge in [0.05, 0.1) is 21.9 Å². The monoisotopic (exact) mass is 351 g/mol. The predicted octanol–water partition coefficient (Wildman–Crippen LogP) is 3.37. The van der Waals surface area contributed by atoms with Gasteiger partial charge in [0.2, 0.25) is 5.91 Å². The summed E-state index contributed by atoms with van der Waals surface area (Å²) in [4.78, 5) is 21.7. The van der Waals surface area contributed by atoms with Gasteiger partial charge in [0, 0.05) is 18.2 Å². The molecular weight excluding hydrogens is 342 g/mol. The minimum atomic E-state index is -0.560. The summed E-state index contributed by atoms with van der Waals surface area (Å²) in [5.74, 6) is 0.0642. The normalized spacial score (nSPS) is 10.5. The zero-order chi connectivity index (χ0) is 16.8. The van der Waals surface area contributed by atoms with Crippen LogP contribution in [0.2, 0.25) is 5.02 Å². The van der Waals surface area contributed by atoms with Crippen LogP contribution in [-0.4, -0.2) is 15.9 Å². The highest BCUT2D eigenvalue weighted by atomic mass is 35.5. The van der Waals surface area contributed by atoms with Gasteiger partial charge in [-0.1, -0.05) is 11.6 Å². The summed E-state index contributed by atoms with van der Waals surface area (Å²) in [6.07, 6.45) is 4.22. The number of benzene rings is 1. The summed E-state index contributed by atoms with van der Waals surface area (Å²) < 4.78 is 5.04. The fourth-order valence-corrected chi connectivity index (χ4v) is 2.00. The summed E-state index contributed by atoms with van der Waals surface area (Å²) >= 11 is 10.9. The number of halogens is 1. The fourth-order valence-electron chi connectivity index (χ4n) is 1.57. The number of non-ortho nitro benzene ring substituents is 1. The second kappa shape index (κ2) is 7.52. The van der Waals surface area contributed by atoms with Gasteiger partial charge in [0.1, 0.15) is 5.76 Å². The van der Waals surface area contributed by atoms with E-state index in [9.17, 15) is 14.9 Å². The Morgan fingerprint density at radius 3 is 2.78 bits per heavy atom. The standard InChI is InChI=1S/C14H10ClN3O4S/c15-11-8-9(18(20)21)3-5-12(11)16-14(23)17-13(19)6-4-10-2-1-7-22-10/h1-8H,(H2,16,17,19,23). The van der Waals surface area contributed by atoms with Crippen LogP contribution in [0.1, 0.15) is 5.76 Å². The third kappa shape index (κ3) is 4.90. The van der Waals surface area contributed by atoms with E-state index in [4.69, 9.17) is 28.2 Å². The molecule has 0 radical (unpaired) electrons. The third-order valence-electron chi connectivity index (χ3n) is 2.59. The molecule has 0 atom stereocenters. The molecule has 1 aromatic heterocycles. The van der Waals surface area contributed by atoms with E-state index in [0.717, 1.165) is 0 Å². The Hall–Kier alpha value is -2.71. The van der Waals surface area contributed by atoms with Crippen LogP contribution in [0.3, 0.4) is 0 Å². The van der Waals surface area contributed by atoms with Crippen LogP contribution in [0.5, 0.6) is 0 Å². The Balaban J connectivity index is 1.94. The van der Waals surface area contributed by atoms with Gasteiger partial charge < -0.3 is 9.73 Å². The lowest BCUT2D eigenvalue weighted by Crippen LogP contribution is -2.32. The van der Waals surface area contributed by atoms with Gasteiger partial charge in [-0.3, -0.25) is 20.2 Å². The van der Waals surface area contributed by atoms with Crippen molar-refractivity contribution in [3.63, 3.8) is 0 Å². The van der Waals surface area contributed by atoms with E-state index in [-0.39, 0.29) is 15.8 Å². The average molecular weight is 352 g/mol. The van der Waals surface area contributed by atoms with Gasteiger partial charge in [-0.25, -0.2) is 0 Å². The lowest BCUT2D eigenvalue weighted by Gasteiger charge is -2.09. The summed E-state index contributed by atoms with van der Waals surface area (Å²) in [6, 6.07) is 7.25. The molecule has 0 spiro atoms. The molecule has 1 aromatic carbocycles. The first-order valence-corrected chi connectivity index (χ1v) is 7.02. The lowest BCUT2D eigenvalue weighted by molar-refractivity contribution is -0.384. The largest absolute Gasteiger partial charge is 0.465 e. The van der Waals surface area contributed by atoms with Crippen LogP contribution in [0.25, 0.3) is 6.08 Å². The number of amides is 1. The van der Waals surface area contributed by atoms with Crippen LogP contribution < -0.4 is 10.6 Å². The maximum absolute atomic E-state index is 11.7. The zero-order valence-electron chi connectivity index (χ0n) is 11.5. The first-order valence-electron chi connectivity index (χ1n) is 6.23. The molecule has 0 fully saturated rings. The van der Waals surface area contributed by atoms with Gasteiger partial charge in [-0.15, -0.1) is 0 Å². The molecule has 0 aliphatic carbocycles. The second-order valence-electron chi connectivity index (χ2n) is 4.21. The van der Waals surface area contributed by atoms with Crippen molar-refractivity contribution in [1.29, 1.82) is 0 Å². The lowest BCUT2D eigenvalue weighted by atomic mass is 10.3. The van der Waals surface area contributed by atoms with Crippen molar-refractivity contribution in [1.82, 2.24) is 5.32 Å². The van der Waals surface area contributed by atoms with E-state index in [0.29, 0.717) is 11.4 Å². The average Bonchev–Trinajstić information content (AvgIpc) is 3.00. The van der Waals surface area contributed by atoms with Crippen molar-refractivity contribution in [3.05, 3.63) is 63.6 Å². The Labute approximate surface area is 141 Å². The van der Waals surface area contributed by atoms with E-state index in [2.05, 4.69) is 10.6 Å². The smallest absolute Gasteiger partial charge is 0.271 e.